The standard InChI is InChI=1S/C14H20N2O/c15-12-5-1-2-6-13(12)16-9-8-14(11-16)7-3-4-10-17-14/h1-2,5-6H,3-4,7-11,15H2/t14-/m1/s1. The fraction of sp³-hybridized carbons (Fsp3) is 0.571. The molecule has 1 atom stereocenters. The summed E-state index contributed by atoms with van der Waals surface area (Å²) in [4.78, 5) is 2.38. The molecule has 0 aliphatic carbocycles. The average Bonchev–Trinajstić information content (AvgIpc) is 2.74. The van der Waals surface area contributed by atoms with Gasteiger partial charge in [-0.25, -0.2) is 0 Å². The van der Waals surface area contributed by atoms with Crippen LogP contribution in [0.1, 0.15) is 25.7 Å². The molecule has 3 rings (SSSR count). The minimum absolute atomic E-state index is 0.112. The maximum absolute atomic E-state index is 6.04. The molecule has 2 saturated heterocycles. The summed E-state index contributed by atoms with van der Waals surface area (Å²) in [6.45, 7) is 2.99. The number of nitrogen functional groups attached to an aromatic ring is 1. The van der Waals surface area contributed by atoms with Gasteiger partial charge in [-0.3, -0.25) is 0 Å². The highest BCUT2D eigenvalue weighted by Crippen LogP contribution is 2.37. The first kappa shape index (κ1) is 10.9. The molecule has 2 aliphatic heterocycles. The van der Waals surface area contributed by atoms with Crippen molar-refractivity contribution < 1.29 is 4.74 Å². The fourth-order valence-corrected chi connectivity index (χ4v) is 3.06. The van der Waals surface area contributed by atoms with Gasteiger partial charge in [0, 0.05) is 19.7 Å². The predicted molar refractivity (Wildman–Crippen MR) is 70.2 cm³/mol. The van der Waals surface area contributed by atoms with Crippen molar-refractivity contribution >= 4 is 11.4 Å². The lowest BCUT2D eigenvalue weighted by Gasteiger charge is -2.34. The van der Waals surface area contributed by atoms with Crippen molar-refractivity contribution in [3.63, 3.8) is 0 Å². The van der Waals surface area contributed by atoms with Crippen LogP contribution in [0.15, 0.2) is 24.3 Å². The van der Waals surface area contributed by atoms with Gasteiger partial charge < -0.3 is 15.4 Å². The Morgan fingerprint density at radius 3 is 2.82 bits per heavy atom. The van der Waals surface area contributed by atoms with Crippen molar-refractivity contribution in [2.45, 2.75) is 31.3 Å². The maximum atomic E-state index is 6.04. The van der Waals surface area contributed by atoms with E-state index in [1.807, 2.05) is 12.1 Å². The molecule has 1 spiro atoms. The van der Waals surface area contributed by atoms with Crippen LogP contribution in [-0.4, -0.2) is 25.3 Å². The summed E-state index contributed by atoms with van der Waals surface area (Å²) in [5.74, 6) is 0. The fourth-order valence-electron chi connectivity index (χ4n) is 3.06. The molecule has 2 N–H and O–H groups in total. The largest absolute Gasteiger partial charge is 0.397 e. The zero-order valence-corrected chi connectivity index (χ0v) is 10.2. The van der Waals surface area contributed by atoms with Crippen molar-refractivity contribution in [1.82, 2.24) is 0 Å². The molecule has 0 saturated carbocycles. The molecule has 3 heteroatoms. The lowest BCUT2D eigenvalue weighted by molar-refractivity contribution is -0.0621. The van der Waals surface area contributed by atoms with Gasteiger partial charge in [0.05, 0.1) is 17.0 Å². The van der Waals surface area contributed by atoms with E-state index in [-0.39, 0.29) is 5.60 Å². The molecule has 0 radical (unpaired) electrons. The van der Waals surface area contributed by atoms with E-state index in [4.69, 9.17) is 10.5 Å². The van der Waals surface area contributed by atoms with E-state index in [1.54, 1.807) is 0 Å². The van der Waals surface area contributed by atoms with Gasteiger partial charge in [0.25, 0.3) is 0 Å². The van der Waals surface area contributed by atoms with Crippen molar-refractivity contribution in [2.75, 3.05) is 30.3 Å². The quantitative estimate of drug-likeness (QED) is 0.756. The number of hydrogen-bond donors (Lipinski definition) is 1. The van der Waals surface area contributed by atoms with Crippen LogP contribution in [-0.2, 0) is 4.74 Å². The van der Waals surface area contributed by atoms with E-state index in [0.29, 0.717) is 0 Å². The summed E-state index contributed by atoms with van der Waals surface area (Å²) in [5, 5.41) is 0. The Labute approximate surface area is 103 Å². The third-order valence-electron chi connectivity index (χ3n) is 4.03. The summed E-state index contributed by atoms with van der Waals surface area (Å²) < 4.78 is 6.04. The molecule has 1 aromatic carbocycles. The number of hydrogen-bond acceptors (Lipinski definition) is 3. The van der Waals surface area contributed by atoms with Gasteiger partial charge in [0.1, 0.15) is 0 Å². The second kappa shape index (κ2) is 4.22. The smallest absolute Gasteiger partial charge is 0.0873 e. The summed E-state index contributed by atoms with van der Waals surface area (Å²) in [6, 6.07) is 8.12. The Kier molecular flexibility index (Phi) is 2.71. The van der Waals surface area contributed by atoms with Crippen LogP contribution in [0.2, 0.25) is 0 Å². The topological polar surface area (TPSA) is 38.5 Å². The number of rotatable bonds is 1. The van der Waals surface area contributed by atoms with E-state index < -0.39 is 0 Å². The van der Waals surface area contributed by atoms with Gasteiger partial charge in [-0.15, -0.1) is 0 Å². The third-order valence-corrected chi connectivity index (χ3v) is 4.03. The van der Waals surface area contributed by atoms with Crippen molar-refractivity contribution in [3.05, 3.63) is 24.3 Å². The van der Waals surface area contributed by atoms with Gasteiger partial charge in [-0.05, 0) is 37.8 Å². The maximum Gasteiger partial charge on any atom is 0.0873 e. The van der Waals surface area contributed by atoms with Gasteiger partial charge in [0.15, 0.2) is 0 Å². The van der Waals surface area contributed by atoms with Crippen LogP contribution in [0.3, 0.4) is 0 Å². The first-order valence-corrected chi connectivity index (χ1v) is 6.53. The van der Waals surface area contributed by atoms with Gasteiger partial charge in [-0.2, -0.15) is 0 Å². The van der Waals surface area contributed by atoms with E-state index >= 15 is 0 Å². The molecule has 2 heterocycles. The number of nitrogens with zero attached hydrogens (tertiary/aromatic N) is 1. The molecule has 0 aromatic heterocycles. The number of para-hydroxylation sites is 2. The molecule has 0 unspecified atom stereocenters. The average molecular weight is 232 g/mol. The Balaban J connectivity index is 1.77. The molecular weight excluding hydrogens is 212 g/mol. The summed E-state index contributed by atoms with van der Waals surface area (Å²) in [5.41, 5.74) is 8.19. The Morgan fingerprint density at radius 1 is 1.18 bits per heavy atom. The Morgan fingerprint density at radius 2 is 2.06 bits per heavy atom. The molecule has 3 nitrogen and oxygen atoms in total. The minimum atomic E-state index is 0.112. The Hall–Kier alpha value is -1.22. The number of anilines is 2. The monoisotopic (exact) mass is 232 g/mol. The van der Waals surface area contributed by atoms with E-state index in [2.05, 4.69) is 17.0 Å². The van der Waals surface area contributed by atoms with Gasteiger partial charge in [0.2, 0.25) is 0 Å². The summed E-state index contributed by atoms with van der Waals surface area (Å²) in [6.07, 6.45) is 4.87. The van der Waals surface area contributed by atoms with Crippen molar-refractivity contribution in [1.29, 1.82) is 0 Å². The molecule has 92 valence electrons. The van der Waals surface area contributed by atoms with E-state index in [9.17, 15) is 0 Å². The van der Waals surface area contributed by atoms with Crippen LogP contribution in [0.5, 0.6) is 0 Å². The lowest BCUT2D eigenvalue weighted by Crippen LogP contribution is -2.39. The van der Waals surface area contributed by atoms with E-state index in [0.717, 1.165) is 31.8 Å². The normalized spacial score (nSPS) is 28.8. The molecular formula is C14H20N2O. The number of ether oxygens (including phenoxy) is 1. The first-order chi connectivity index (χ1) is 8.29. The predicted octanol–water partition coefficient (Wildman–Crippen LogP) is 2.42. The second-order valence-corrected chi connectivity index (χ2v) is 5.22. The minimum Gasteiger partial charge on any atom is -0.397 e. The van der Waals surface area contributed by atoms with Gasteiger partial charge >= 0.3 is 0 Å². The zero-order chi connectivity index (χ0) is 11.7. The van der Waals surface area contributed by atoms with Crippen LogP contribution in [0, 0.1) is 0 Å². The highest BCUT2D eigenvalue weighted by molar-refractivity contribution is 5.67. The molecule has 2 fully saturated rings. The highest BCUT2D eigenvalue weighted by atomic mass is 16.5. The lowest BCUT2D eigenvalue weighted by atomic mass is 9.93. The van der Waals surface area contributed by atoms with Crippen LogP contribution < -0.4 is 10.6 Å². The highest BCUT2D eigenvalue weighted by Gasteiger charge is 2.40. The Bertz CT molecular complexity index is 399. The molecule has 0 bridgehead atoms. The van der Waals surface area contributed by atoms with Crippen molar-refractivity contribution in [2.24, 2.45) is 0 Å². The van der Waals surface area contributed by atoms with Crippen molar-refractivity contribution in [3.8, 4) is 0 Å². The van der Waals surface area contributed by atoms with E-state index in [1.165, 1.54) is 24.9 Å². The number of nitrogens with two attached hydrogens (primary N) is 1. The molecule has 17 heavy (non-hydrogen) atoms. The second-order valence-electron chi connectivity index (χ2n) is 5.22. The molecule has 1 aromatic rings. The zero-order valence-electron chi connectivity index (χ0n) is 10.2. The third kappa shape index (κ3) is 2.00. The molecule has 0 amide bonds. The van der Waals surface area contributed by atoms with Gasteiger partial charge in [-0.1, -0.05) is 12.1 Å². The first-order valence-electron chi connectivity index (χ1n) is 6.53. The van der Waals surface area contributed by atoms with Crippen LogP contribution in [0.4, 0.5) is 11.4 Å². The summed E-state index contributed by atoms with van der Waals surface area (Å²) in [7, 11) is 0. The summed E-state index contributed by atoms with van der Waals surface area (Å²) >= 11 is 0. The van der Waals surface area contributed by atoms with Crippen LogP contribution in [0.25, 0.3) is 0 Å². The number of benzene rings is 1. The molecule has 2 aliphatic rings. The van der Waals surface area contributed by atoms with Crippen LogP contribution >= 0.6 is 0 Å². The SMILES string of the molecule is Nc1ccccc1N1CC[C@]2(CCCCO2)C1.